The number of hydrogen-bond donors (Lipinski definition) is 1. The van der Waals surface area contributed by atoms with Crippen molar-refractivity contribution in [2.24, 2.45) is 0 Å². The van der Waals surface area contributed by atoms with Crippen LogP contribution in [0.1, 0.15) is 22.8 Å². The molecular weight excluding hydrogens is 302 g/mol. The molecule has 0 spiro atoms. The molecule has 1 nitrogen and oxygen atoms in total. The molecule has 2 aromatic carbocycles. The second-order valence-electron chi connectivity index (χ2n) is 4.07. The van der Waals surface area contributed by atoms with Crippen molar-refractivity contribution < 1.29 is 13.9 Å². The van der Waals surface area contributed by atoms with Crippen LogP contribution in [0.4, 0.5) is 8.78 Å². The molecule has 0 aliphatic heterocycles. The van der Waals surface area contributed by atoms with E-state index in [-0.39, 0.29) is 15.6 Å². The van der Waals surface area contributed by atoms with E-state index in [4.69, 9.17) is 0 Å². The Bertz CT molecular complexity index is 582. The van der Waals surface area contributed by atoms with E-state index in [2.05, 4.69) is 15.9 Å². The fourth-order valence-electron chi connectivity index (χ4n) is 1.77. The van der Waals surface area contributed by atoms with Gasteiger partial charge in [0.1, 0.15) is 17.7 Å². The minimum Gasteiger partial charge on any atom is -0.383 e. The molecule has 0 aliphatic rings. The highest BCUT2D eigenvalue weighted by Gasteiger charge is 2.19. The number of halogens is 3. The smallest absolute Gasteiger partial charge is 0.143 e. The van der Waals surface area contributed by atoms with Crippen molar-refractivity contribution in [2.45, 2.75) is 13.0 Å². The minimum absolute atomic E-state index is 0.0499. The molecule has 0 bridgehead atoms. The molecule has 1 unspecified atom stereocenters. The van der Waals surface area contributed by atoms with E-state index in [1.807, 2.05) is 0 Å². The number of hydrogen-bond acceptors (Lipinski definition) is 1. The van der Waals surface area contributed by atoms with Gasteiger partial charge >= 0.3 is 0 Å². The molecule has 0 saturated carbocycles. The van der Waals surface area contributed by atoms with Gasteiger partial charge in [0, 0.05) is 11.1 Å². The molecule has 0 saturated heterocycles. The van der Waals surface area contributed by atoms with Gasteiger partial charge in [0.2, 0.25) is 0 Å². The first-order chi connectivity index (χ1) is 8.50. The Morgan fingerprint density at radius 3 is 2.56 bits per heavy atom. The number of aryl methyl sites for hydroxylation is 1. The summed E-state index contributed by atoms with van der Waals surface area (Å²) >= 11 is 3.04. The predicted molar refractivity (Wildman–Crippen MR) is 69.3 cm³/mol. The van der Waals surface area contributed by atoms with Crippen molar-refractivity contribution >= 4 is 15.9 Å². The summed E-state index contributed by atoms with van der Waals surface area (Å²) in [7, 11) is 0. The standard InChI is InChI=1S/C14H11BrF2O/c1-8-5-6-12(16)10(7-8)14(18)9-3-2-4-11(15)13(9)17/h2-7,14,18H,1H3. The molecule has 1 atom stereocenters. The van der Waals surface area contributed by atoms with Gasteiger partial charge in [-0.15, -0.1) is 0 Å². The summed E-state index contributed by atoms with van der Waals surface area (Å²) in [5, 5.41) is 10.1. The molecule has 0 amide bonds. The molecule has 0 heterocycles. The summed E-state index contributed by atoms with van der Waals surface area (Å²) in [5.41, 5.74) is 0.932. The van der Waals surface area contributed by atoms with Crippen LogP contribution in [0, 0.1) is 18.6 Å². The van der Waals surface area contributed by atoms with Crippen molar-refractivity contribution in [2.75, 3.05) is 0 Å². The number of aliphatic hydroxyl groups excluding tert-OH is 1. The molecule has 2 aromatic rings. The van der Waals surface area contributed by atoms with Crippen LogP contribution in [0.25, 0.3) is 0 Å². The topological polar surface area (TPSA) is 20.2 Å². The van der Waals surface area contributed by atoms with Crippen LogP contribution >= 0.6 is 15.9 Å². The Morgan fingerprint density at radius 2 is 1.83 bits per heavy atom. The maximum Gasteiger partial charge on any atom is 0.143 e. The van der Waals surface area contributed by atoms with Crippen molar-refractivity contribution in [1.82, 2.24) is 0 Å². The largest absolute Gasteiger partial charge is 0.383 e. The summed E-state index contributed by atoms with van der Waals surface area (Å²) in [4.78, 5) is 0. The molecule has 0 aliphatic carbocycles. The molecule has 0 fully saturated rings. The van der Waals surface area contributed by atoms with E-state index >= 15 is 0 Å². The van der Waals surface area contributed by atoms with E-state index < -0.39 is 17.7 Å². The van der Waals surface area contributed by atoms with Crippen molar-refractivity contribution in [1.29, 1.82) is 0 Å². The fourth-order valence-corrected chi connectivity index (χ4v) is 2.15. The van der Waals surface area contributed by atoms with E-state index in [1.54, 1.807) is 19.1 Å². The highest BCUT2D eigenvalue weighted by atomic mass is 79.9. The molecule has 18 heavy (non-hydrogen) atoms. The first-order valence-electron chi connectivity index (χ1n) is 5.38. The molecule has 94 valence electrons. The number of rotatable bonds is 2. The van der Waals surface area contributed by atoms with Crippen molar-refractivity contribution in [3.63, 3.8) is 0 Å². The highest BCUT2D eigenvalue weighted by molar-refractivity contribution is 9.10. The lowest BCUT2D eigenvalue weighted by Crippen LogP contribution is -2.05. The van der Waals surface area contributed by atoms with Crippen LogP contribution in [0.15, 0.2) is 40.9 Å². The van der Waals surface area contributed by atoms with Gasteiger partial charge in [-0.2, -0.15) is 0 Å². The molecule has 4 heteroatoms. The third kappa shape index (κ3) is 2.44. The van der Waals surface area contributed by atoms with Gasteiger partial charge in [0.05, 0.1) is 4.47 Å². The SMILES string of the molecule is Cc1ccc(F)c(C(O)c2cccc(Br)c2F)c1. The normalized spacial score (nSPS) is 12.5. The van der Waals surface area contributed by atoms with Crippen LogP contribution in [-0.4, -0.2) is 5.11 Å². The molecule has 0 radical (unpaired) electrons. The molecule has 1 N–H and O–H groups in total. The monoisotopic (exact) mass is 312 g/mol. The van der Waals surface area contributed by atoms with Crippen molar-refractivity contribution in [3.8, 4) is 0 Å². The van der Waals surface area contributed by atoms with Gasteiger partial charge in [0.25, 0.3) is 0 Å². The molecule has 2 rings (SSSR count). The number of benzene rings is 2. The van der Waals surface area contributed by atoms with E-state index in [1.165, 1.54) is 24.3 Å². The van der Waals surface area contributed by atoms with Crippen LogP contribution in [0.5, 0.6) is 0 Å². The van der Waals surface area contributed by atoms with Gasteiger partial charge in [-0.1, -0.05) is 29.8 Å². The van der Waals surface area contributed by atoms with Crippen LogP contribution in [0.3, 0.4) is 0 Å². The average molecular weight is 313 g/mol. The lowest BCUT2D eigenvalue weighted by Gasteiger charge is -2.14. The summed E-state index contributed by atoms with van der Waals surface area (Å²) in [6.45, 7) is 1.78. The highest BCUT2D eigenvalue weighted by Crippen LogP contribution is 2.29. The lowest BCUT2D eigenvalue weighted by molar-refractivity contribution is 0.209. The third-order valence-corrected chi connectivity index (χ3v) is 3.33. The zero-order valence-corrected chi connectivity index (χ0v) is 11.2. The molecular formula is C14H11BrF2O. The summed E-state index contributed by atoms with van der Waals surface area (Å²) in [5.74, 6) is -1.13. The second-order valence-corrected chi connectivity index (χ2v) is 4.92. The minimum atomic E-state index is -1.32. The Kier molecular flexibility index (Phi) is 3.78. The maximum absolute atomic E-state index is 13.8. The lowest BCUT2D eigenvalue weighted by atomic mass is 9.99. The fraction of sp³-hybridized carbons (Fsp3) is 0.143. The maximum atomic E-state index is 13.8. The Balaban J connectivity index is 2.51. The summed E-state index contributed by atoms with van der Waals surface area (Å²) in [6, 6.07) is 8.94. The Hall–Kier alpha value is -1.26. The quantitative estimate of drug-likeness (QED) is 0.884. The van der Waals surface area contributed by atoms with E-state index in [0.717, 1.165) is 5.56 Å². The second kappa shape index (κ2) is 5.16. The van der Waals surface area contributed by atoms with Crippen LogP contribution in [-0.2, 0) is 0 Å². The van der Waals surface area contributed by atoms with Gasteiger partial charge in [0.15, 0.2) is 0 Å². The van der Waals surface area contributed by atoms with Gasteiger partial charge in [-0.05, 0) is 35.0 Å². The first kappa shape index (κ1) is 13.2. The predicted octanol–water partition coefficient (Wildman–Crippen LogP) is 4.12. The average Bonchev–Trinajstić information content (AvgIpc) is 2.35. The van der Waals surface area contributed by atoms with Crippen LogP contribution in [0.2, 0.25) is 0 Å². The van der Waals surface area contributed by atoms with Crippen molar-refractivity contribution in [3.05, 3.63) is 69.2 Å². The zero-order valence-electron chi connectivity index (χ0n) is 9.62. The first-order valence-corrected chi connectivity index (χ1v) is 6.18. The van der Waals surface area contributed by atoms with Gasteiger partial charge in [-0.25, -0.2) is 8.78 Å². The Morgan fingerprint density at radius 1 is 1.11 bits per heavy atom. The Labute approximate surface area is 112 Å². The summed E-state index contributed by atoms with van der Waals surface area (Å²) < 4.78 is 27.7. The zero-order chi connectivity index (χ0) is 13.3. The summed E-state index contributed by atoms with van der Waals surface area (Å²) in [6.07, 6.45) is -1.32. The van der Waals surface area contributed by atoms with E-state index in [0.29, 0.717) is 0 Å². The van der Waals surface area contributed by atoms with E-state index in [9.17, 15) is 13.9 Å². The molecule has 0 aromatic heterocycles. The third-order valence-electron chi connectivity index (χ3n) is 2.72. The van der Waals surface area contributed by atoms with Gasteiger partial charge < -0.3 is 5.11 Å². The van der Waals surface area contributed by atoms with Crippen LogP contribution < -0.4 is 0 Å². The van der Waals surface area contributed by atoms with Gasteiger partial charge in [-0.3, -0.25) is 0 Å². The number of aliphatic hydroxyl groups is 1.